The van der Waals surface area contributed by atoms with Crippen LogP contribution >= 0.6 is 0 Å². The molecule has 2 aromatic carbocycles. The quantitative estimate of drug-likeness (QED) is 0.430. The minimum absolute atomic E-state index is 0.212. The van der Waals surface area contributed by atoms with Crippen molar-refractivity contribution in [3.05, 3.63) is 59.2 Å². The highest BCUT2D eigenvalue weighted by Gasteiger charge is 2.40. The number of carbonyl (C=O) groups is 3. The molecule has 0 fully saturated rings. The number of carboxylic acid groups (broad SMARTS) is 1. The van der Waals surface area contributed by atoms with Crippen LogP contribution in [0.2, 0.25) is 0 Å². The zero-order chi connectivity index (χ0) is 26.2. The number of nitrogens with one attached hydrogen (secondary N) is 1. The van der Waals surface area contributed by atoms with E-state index in [9.17, 15) is 19.5 Å². The highest BCUT2D eigenvalue weighted by Crippen LogP contribution is 2.38. The van der Waals surface area contributed by atoms with Crippen molar-refractivity contribution < 1.29 is 33.7 Å². The molecule has 1 aliphatic carbocycles. The van der Waals surface area contributed by atoms with E-state index in [1.165, 1.54) is 14.2 Å². The smallest absolute Gasteiger partial charge is 0.323 e. The van der Waals surface area contributed by atoms with Crippen molar-refractivity contribution in [3.8, 4) is 11.5 Å². The second kappa shape index (κ2) is 12.5. The molecular formula is C28H35NO7. The Bertz CT molecular complexity index is 1070. The monoisotopic (exact) mass is 497 g/mol. The molecule has 0 aliphatic heterocycles. The molecule has 36 heavy (non-hydrogen) atoms. The first-order valence-corrected chi connectivity index (χ1v) is 12.3. The molecule has 8 heteroatoms. The lowest BCUT2D eigenvalue weighted by Gasteiger charge is -2.32. The number of carbonyl (C=O) groups excluding carboxylic acids is 2. The van der Waals surface area contributed by atoms with E-state index in [1.54, 1.807) is 19.9 Å². The summed E-state index contributed by atoms with van der Waals surface area (Å²) in [7, 11) is 3.06. The highest BCUT2D eigenvalue weighted by atomic mass is 16.5. The van der Waals surface area contributed by atoms with Crippen molar-refractivity contribution in [2.24, 2.45) is 11.8 Å². The number of carboxylic acids is 1. The Morgan fingerprint density at radius 1 is 1.00 bits per heavy atom. The Hall–Kier alpha value is -3.39. The topological polar surface area (TPSA) is 111 Å². The predicted molar refractivity (Wildman–Crippen MR) is 134 cm³/mol. The van der Waals surface area contributed by atoms with Gasteiger partial charge in [0.15, 0.2) is 17.3 Å². The number of aryl methyl sites for hydroxylation is 1. The lowest BCUT2D eigenvalue weighted by atomic mass is 9.72. The Kier molecular flexibility index (Phi) is 9.47. The minimum atomic E-state index is -1.02. The van der Waals surface area contributed by atoms with Crippen LogP contribution in [0, 0.1) is 11.8 Å². The fourth-order valence-corrected chi connectivity index (χ4v) is 4.83. The molecule has 1 aliphatic rings. The van der Waals surface area contributed by atoms with Gasteiger partial charge in [-0.3, -0.25) is 19.7 Å². The molecule has 0 heterocycles. The van der Waals surface area contributed by atoms with Crippen LogP contribution in [0.4, 0.5) is 0 Å². The maximum atomic E-state index is 13.6. The van der Waals surface area contributed by atoms with Gasteiger partial charge in [-0.25, -0.2) is 0 Å². The molecular weight excluding hydrogens is 462 g/mol. The number of hydrogen-bond donors (Lipinski definition) is 2. The predicted octanol–water partition coefficient (Wildman–Crippen LogP) is 3.23. The third kappa shape index (κ3) is 6.43. The zero-order valence-corrected chi connectivity index (χ0v) is 21.3. The van der Waals surface area contributed by atoms with Crippen LogP contribution in [0.1, 0.15) is 37.0 Å². The molecule has 0 amide bonds. The van der Waals surface area contributed by atoms with Gasteiger partial charge in [0.25, 0.3) is 0 Å². The van der Waals surface area contributed by atoms with Crippen LogP contribution in [-0.2, 0) is 38.4 Å². The van der Waals surface area contributed by atoms with E-state index in [2.05, 4.69) is 5.32 Å². The van der Waals surface area contributed by atoms with E-state index >= 15 is 0 Å². The summed E-state index contributed by atoms with van der Waals surface area (Å²) in [5.41, 5.74) is 2.77. The number of rotatable bonds is 12. The van der Waals surface area contributed by atoms with Crippen LogP contribution in [0.25, 0.3) is 0 Å². The number of Topliss-reactive ketones (excluding diaryl/α,β-unsaturated/α-hetero) is 1. The lowest BCUT2D eigenvalue weighted by molar-refractivity contribution is -0.149. The molecule has 0 saturated carbocycles. The van der Waals surface area contributed by atoms with E-state index in [4.69, 9.17) is 14.2 Å². The Morgan fingerprint density at radius 2 is 1.58 bits per heavy atom. The fraction of sp³-hybridized carbons (Fsp3) is 0.464. The number of fused-ring (bicyclic) bond motifs is 1. The highest BCUT2D eigenvalue weighted by molar-refractivity contribution is 5.91. The summed E-state index contributed by atoms with van der Waals surface area (Å²) in [5.74, 6) is -2.25. The second-order valence-electron chi connectivity index (χ2n) is 9.06. The second-order valence-corrected chi connectivity index (χ2v) is 9.06. The summed E-state index contributed by atoms with van der Waals surface area (Å²) < 4.78 is 16.0. The summed E-state index contributed by atoms with van der Waals surface area (Å²) in [6, 6.07) is 11.9. The van der Waals surface area contributed by atoms with Crippen LogP contribution in [-0.4, -0.2) is 55.7 Å². The standard InChI is InChI=1S/C28H35NO7/c1-5-36-28(33)23(12-11-18-9-7-6-8-10-18)29-17(2)26(30)21-13-19-15-24(34-3)25(35-4)16-20(19)14-22(21)27(31)32/h6-10,15-17,21-23,29H,5,11-14H2,1-4H3,(H,31,32)/t17-,21?,22+,23-/m0/s1. The molecule has 194 valence electrons. The number of hydrogen-bond acceptors (Lipinski definition) is 7. The molecule has 8 nitrogen and oxygen atoms in total. The van der Waals surface area contributed by atoms with Gasteiger partial charge < -0.3 is 19.3 Å². The third-order valence-electron chi connectivity index (χ3n) is 6.77. The molecule has 2 N–H and O–H groups in total. The summed E-state index contributed by atoms with van der Waals surface area (Å²) in [5, 5.41) is 13.1. The Labute approximate surface area is 211 Å². The first kappa shape index (κ1) is 27.2. The normalized spacial score (nSPS) is 18.4. The summed E-state index contributed by atoms with van der Waals surface area (Å²) in [6.45, 7) is 3.65. The fourth-order valence-electron chi connectivity index (χ4n) is 4.83. The van der Waals surface area contributed by atoms with Gasteiger partial charge in [-0.05, 0) is 68.4 Å². The van der Waals surface area contributed by atoms with Crippen molar-refractivity contribution in [2.75, 3.05) is 20.8 Å². The van der Waals surface area contributed by atoms with Crippen LogP contribution < -0.4 is 14.8 Å². The van der Waals surface area contributed by atoms with Gasteiger partial charge in [-0.2, -0.15) is 0 Å². The van der Waals surface area contributed by atoms with E-state index < -0.39 is 35.9 Å². The van der Waals surface area contributed by atoms with Gasteiger partial charge in [-0.15, -0.1) is 0 Å². The molecule has 1 unspecified atom stereocenters. The zero-order valence-electron chi connectivity index (χ0n) is 21.3. The van der Waals surface area contributed by atoms with E-state index in [-0.39, 0.29) is 25.2 Å². The van der Waals surface area contributed by atoms with E-state index in [0.29, 0.717) is 24.3 Å². The first-order valence-electron chi connectivity index (χ1n) is 12.3. The molecule has 0 bridgehead atoms. The number of esters is 1. The molecule has 0 aromatic heterocycles. The molecule has 2 aromatic rings. The van der Waals surface area contributed by atoms with Gasteiger partial charge in [0.2, 0.25) is 0 Å². The average Bonchev–Trinajstić information content (AvgIpc) is 2.89. The molecule has 4 atom stereocenters. The van der Waals surface area contributed by atoms with Crippen molar-refractivity contribution in [1.29, 1.82) is 0 Å². The van der Waals surface area contributed by atoms with Crippen LogP contribution in [0.15, 0.2) is 42.5 Å². The molecule has 0 radical (unpaired) electrons. The van der Waals surface area contributed by atoms with Gasteiger partial charge >= 0.3 is 11.9 Å². The molecule has 0 spiro atoms. The van der Waals surface area contributed by atoms with Crippen molar-refractivity contribution >= 4 is 17.7 Å². The molecule has 3 rings (SSSR count). The van der Waals surface area contributed by atoms with Gasteiger partial charge in [0.1, 0.15) is 6.04 Å². The maximum Gasteiger partial charge on any atom is 0.323 e. The largest absolute Gasteiger partial charge is 0.493 e. The lowest BCUT2D eigenvalue weighted by Crippen LogP contribution is -2.50. The van der Waals surface area contributed by atoms with Crippen LogP contribution in [0.3, 0.4) is 0 Å². The maximum absolute atomic E-state index is 13.6. The number of benzene rings is 2. The summed E-state index contributed by atoms with van der Waals surface area (Å²) in [6.07, 6.45) is 1.57. The number of methoxy groups -OCH3 is 2. The summed E-state index contributed by atoms with van der Waals surface area (Å²) >= 11 is 0. The van der Waals surface area contributed by atoms with Crippen LogP contribution in [0.5, 0.6) is 11.5 Å². The van der Waals surface area contributed by atoms with Crippen molar-refractivity contribution in [2.45, 2.75) is 51.6 Å². The Morgan fingerprint density at radius 3 is 2.11 bits per heavy atom. The SMILES string of the molecule is CCOC(=O)[C@H](CCc1ccccc1)N[C@@H](C)C(=O)C1Cc2cc(OC)c(OC)cc2C[C@H]1C(=O)O. The van der Waals surface area contributed by atoms with E-state index in [1.807, 2.05) is 36.4 Å². The number of ketones is 1. The number of ether oxygens (including phenoxy) is 3. The third-order valence-corrected chi connectivity index (χ3v) is 6.77. The molecule has 0 saturated heterocycles. The van der Waals surface area contributed by atoms with Gasteiger partial charge in [0.05, 0.1) is 32.8 Å². The van der Waals surface area contributed by atoms with Crippen molar-refractivity contribution in [3.63, 3.8) is 0 Å². The Balaban J connectivity index is 1.79. The minimum Gasteiger partial charge on any atom is -0.493 e. The van der Waals surface area contributed by atoms with Gasteiger partial charge in [-0.1, -0.05) is 30.3 Å². The van der Waals surface area contributed by atoms with Crippen molar-refractivity contribution in [1.82, 2.24) is 5.32 Å². The first-order chi connectivity index (χ1) is 17.3. The average molecular weight is 498 g/mol. The van der Waals surface area contributed by atoms with Gasteiger partial charge in [0, 0.05) is 5.92 Å². The summed E-state index contributed by atoms with van der Waals surface area (Å²) in [4.78, 5) is 38.4. The van der Waals surface area contributed by atoms with E-state index in [0.717, 1.165) is 16.7 Å². The number of aliphatic carboxylic acids is 1.